The lowest BCUT2D eigenvalue weighted by Gasteiger charge is -2.24. The number of nitrogens with zero attached hydrogens (tertiary/aromatic N) is 1. The number of amides is 1. The van der Waals surface area contributed by atoms with Crippen molar-refractivity contribution in [3.05, 3.63) is 57.8 Å². The molecule has 114 valence electrons. The van der Waals surface area contributed by atoms with E-state index in [1.54, 1.807) is 12.3 Å². The van der Waals surface area contributed by atoms with Crippen LogP contribution in [0.25, 0.3) is 0 Å². The minimum atomic E-state index is -0.0463. The predicted octanol–water partition coefficient (Wildman–Crippen LogP) is 3.96. The van der Waals surface area contributed by atoms with Crippen LogP contribution in [0.1, 0.15) is 52.2 Å². The molecule has 0 aliphatic carbocycles. The molecule has 1 fully saturated rings. The molecule has 1 aliphatic heterocycles. The Labute approximate surface area is 137 Å². The molecule has 0 bridgehead atoms. The molecule has 1 aromatic heterocycles. The van der Waals surface area contributed by atoms with Crippen LogP contribution in [-0.4, -0.2) is 28.1 Å². The number of halogens is 1. The highest BCUT2D eigenvalue weighted by Gasteiger charge is 2.31. The van der Waals surface area contributed by atoms with Gasteiger partial charge in [0.05, 0.1) is 6.04 Å². The first-order chi connectivity index (χ1) is 10.6. The molecule has 1 saturated heterocycles. The molecule has 1 N–H and O–H groups in total. The molecule has 2 aromatic rings. The van der Waals surface area contributed by atoms with E-state index in [9.17, 15) is 9.59 Å². The lowest BCUT2D eigenvalue weighted by atomic mass is 10.0. The maximum absolute atomic E-state index is 12.7. The number of benzene rings is 1. The molecule has 4 nitrogen and oxygen atoms in total. The van der Waals surface area contributed by atoms with E-state index >= 15 is 0 Å². The van der Waals surface area contributed by atoms with Crippen molar-refractivity contribution >= 4 is 27.6 Å². The number of carbonyl (C=O) groups excluding carboxylic acids is 2. The van der Waals surface area contributed by atoms with Gasteiger partial charge in [0.15, 0.2) is 5.78 Å². The first-order valence-electron chi connectivity index (χ1n) is 7.32. The van der Waals surface area contributed by atoms with E-state index in [0.29, 0.717) is 11.3 Å². The van der Waals surface area contributed by atoms with Crippen molar-refractivity contribution in [2.45, 2.75) is 25.8 Å². The molecule has 2 heterocycles. The third-order valence-corrected chi connectivity index (χ3v) is 4.56. The molecular formula is C17H17BrN2O2. The average Bonchev–Trinajstić information content (AvgIpc) is 3.16. The Kier molecular flexibility index (Phi) is 4.16. The average molecular weight is 361 g/mol. The van der Waals surface area contributed by atoms with Crippen molar-refractivity contribution in [1.29, 1.82) is 0 Å². The van der Waals surface area contributed by atoms with Crippen LogP contribution in [0.4, 0.5) is 0 Å². The Balaban J connectivity index is 1.86. The van der Waals surface area contributed by atoms with Gasteiger partial charge < -0.3 is 9.88 Å². The fourth-order valence-electron chi connectivity index (χ4n) is 2.95. The summed E-state index contributed by atoms with van der Waals surface area (Å²) in [5, 5.41) is 0. The van der Waals surface area contributed by atoms with Gasteiger partial charge in [-0.1, -0.05) is 28.1 Å². The number of carbonyl (C=O) groups is 2. The van der Waals surface area contributed by atoms with E-state index < -0.39 is 0 Å². The number of likely N-dealkylation sites (tertiary alicyclic amines) is 1. The smallest absolute Gasteiger partial charge is 0.270 e. The van der Waals surface area contributed by atoms with Gasteiger partial charge in [0, 0.05) is 22.8 Å². The number of rotatable bonds is 3. The lowest BCUT2D eigenvalue weighted by Crippen LogP contribution is -2.30. The molecule has 1 amide bonds. The summed E-state index contributed by atoms with van der Waals surface area (Å²) in [6.45, 7) is 2.24. The molecule has 1 unspecified atom stereocenters. The van der Waals surface area contributed by atoms with E-state index in [0.717, 1.165) is 29.4 Å². The number of hydrogen-bond acceptors (Lipinski definition) is 2. The Morgan fingerprint density at radius 2 is 2.14 bits per heavy atom. The number of aromatic amines is 1. The topological polar surface area (TPSA) is 53.2 Å². The van der Waals surface area contributed by atoms with Gasteiger partial charge in [-0.25, -0.2) is 0 Å². The molecule has 1 atom stereocenters. The maximum atomic E-state index is 12.7. The van der Waals surface area contributed by atoms with E-state index in [-0.39, 0.29) is 17.7 Å². The second kappa shape index (κ2) is 6.08. The highest BCUT2D eigenvalue weighted by Crippen LogP contribution is 2.34. The Morgan fingerprint density at radius 3 is 2.82 bits per heavy atom. The van der Waals surface area contributed by atoms with Gasteiger partial charge in [0.25, 0.3) is 5.91 Å². The van der Waals surface area contributed by atoms with Crippen LogP contribution in [0.5, 0.6) is 0 Å². The number of hydrogen-bond donors (Lipinski definition) is 1. The Morgan fingerprint density at radius 1 is 1.32 bits per heavy atom. The number of H-pyrrole nitrogens is 1. The SMILES string of the molecule is CC(=O)c1c[nH]c(C(=O)N2CCCC2c2cccc(Br)c2)c1. The van der Waals surface area contributed by atoms with Gasteiger partial charge in [-0.2, -0.15) is 0 Å². The predicted molar refractivity (Wildman–Crippen MR) is 88.0 cm³/mol. The fourth-order valence-corrected chi connectivity index (χ4v) is 3.36. The van der Waals surface area contributed by atoms with Crippen molar-refractivity contribution in [2.24, 2.45) is 0 Å². The van der Waals surface area contributed by atoms with Crippen molar-refractivity contribution in [1.82, 2.24) is 9.88 Å². The number of nitrogens with one attached hydrogen (secondary N) is 1. The third kappa shape index (κ3) is 2.86. The molecule has 22 heavy (non-hydrogen) atoms. The van der Waals surface area contributed by atoms with Gasteiger partial charge in [-0.15, -0.1) is 0 Å². The van der Waals surface area contributed by atoms with Crippen LogP contribution in [0.2, 0.25) is 0 Å². The monoisotopic (exact) mass is 360 g/mol. The fraction of sp³-hybridized carbons (Fsp3) is 0.294. The van der Waals surface area contributed by atoms with Crippen LogP contribution in [-0.2, 0) is 0 Å². The highest BCUT2D eigenvalue weighted by molar-refractivity contribution is 9.10. The maximum Gasteiger partial charge on any atom is 0.270 e. The van der Waals surface area contributed by atoms with Crippen LogP contribution in [0.3, 0.4) is 0 Å². The highest BCUT2D eigenvalue weighted by atomic mass is 79.9. The molecule has 0 radical (unpaired) electrons. The first-order valence-corrected chi connectivity index (χ1v) is 8.11. The lowest BCUT2D eigenvalue weighted by molar-refractivity contribution is 0.0730. The van der Waals surface area contributed by atoms with Gasteiger partial charge in [0.2, 0.25) is 0 Å². The number of ketones is 1. The summed E-state index contributed by atoms with van der Waals surface area (Å²) >= 11 is 3.48. The molecule has 5 heteroatoms. The van der Waals surface area contributed by atoms with Crippen molar-refractivity contribution < 1.29 is 9.59 Å². The zero-order valence-corrected chi connectivity index (χ0v) is 13.9. The first kappa shape index (κ1) is 15.0. The second-order valence-corrected chi connectivity index (χ2v) is 6.49. The van der Waals surface area contributed by atoms with Gasteiger partial charge >= 0.3 is 0 Å². The van der Waals surface area contributed by atoms with E-state index in [1.807, 2.05) is 17.0 Å². The van der Waals surface area contributed by atoms with Crippen molar-refractivity contribution in [3.8, 4) is 0 Å². The summed E-state index contributed by atoms with van der Waals surface area (Å²) < 4.78 is 1.02. The van der Waals surface area contributed by atoms with Gasteiger partial charge in [-0.3, -0.25) is 9.59 Å². The van der Waals surface area contributed by atoms with Crippen LogP contribution in [0.15, 0.2) is 41.0 Å². The minimum absolute atomic E-state index is 0.0414. The van der Waals surface area contributed by atoms with Crippen LogP contribution >= 0.6 is 15.9 Å². The summed E-state index contributed by atoms with van der Waals surface area (Å²) in [7, 11) is 0. The normalized spacial score (nSPS) is 17.7. The van der Waals surface area contributed by atoms with E-state index in [1.165, 1.54) is 6.92 Å². The van der Waals surface area contributed by atoms with E-state index in [4.69, 9.17) is 0 Å². The Hall–Kier alpha value is -1.88. The third-order valence-electron chi connectivity index (χ3n) is 4.07. The zero-order chi connectivity index (χ0) is 15.7. The summed E-state index contributed by atoms with van der Waals surface area (Å²) in [6.07, 6.45) is 3.55. The minimum Gasteiger partial charge on any atom is -0.356 e. The molecular weight excluding hydrogens is 344 g/mol. The molecule has 3 rings (SSSR count). The van der Waals surface area contributed by atoms with Crippen LogP contribution in [0, 0.1) is 0 Å². The summed E-state index contributed by atoms with van der Waals surface area (Å²) in [5.41, 5.74) is 2.16. The molecule has 0 spiro atoms. The molecule has 1 aliphatic rings. The molecule has 1 aromatic carbocycles. The largest absolute Gasteiger partial charge is 0.356 e. The van der Waals surface area contributed by atoms with Crippen molar-refractivity contribution in [2.75, 3.05) is 6.54 Å². The van der Waals surface area contributed by atoms with Gasteiger partial charge in [-0.05, 0) is 43.5 Å². The van der Waals surface area contributed by atoms with Crippen LogP contribution < -0.4 is 0 Å². The molecule has 0 saturated carbocycles. The van der Waals surface area contributed by atoms with Crippen molar-refractivity contribution in [3.63, 3.8) is 0 Å². The second-order valence-electron chi connectivity index (χ2n) is 5.57. The Bertz CT molecular complexity index is 723. The summed E-state index contributed by atoms with van der Waals surface area (Å²) in [6, 6.07) is 9.82. The van der Waals surface area contributed by atoms with E-state index in [2.05, 4.69) is 33.0 Å². The number of aromatic nitrogens is 1. The standard InChI is InChI=1S/C17H17BrN2O2/c1-11(21)13-9-15(19-10-13)17(22)20-7-3-6-16(20)12-4-2-5-14(18)8-12/h2,4-5,8-10,16,19H,3,6-7H2,1H3. The zero-order valence-electron chi connectivity index (χ0n) is 12.3. The number of Topliss-reactive ketones (excluding diaryl/α,β-unsaturated/α-hetero) is 1. The van der Waals surface area contributed by atoms with Gasteiger partial charge in [0.1, 0.15) is 5.69 Å². The summed E-state index contributed by atoms with van der Waals surface area (Å²) in [4.78, 5) is 28.9. The summed E-state index contributed by atoms with van der Waals surface area (Å²) in [5.74, 6) is -0.0877. The quantitative estimate of drug-likeness (QED) is 0.842.